The van der Waals surface area contributed by atoms with Crippen molar-refractivity contribution in [3.63, 3.8) is 0 Å². The van der Waals surface area contributed by atoms with E-state index in [1.54, 1.807) is 26.2 Å². The molecule has 1 fully saturated rings. The van der Waals surface area contributed by atoms with E-state index in [2.05, 4.69) is 25.8 Å². The van der Waals surface area contributed by atoms with Gasteiger partial charge >= 0.3 is 12.3 Å². The zero-order valence-corrected chi connectivity index (χ0v) is 20.7. The molecule has 1 aliphatic rings. The minimum atomic E-state index is -4.73. The number of ether oxygens (including phenoxy) is 3. The number of amides is 2. The lowest BCUT2D eigenvalue weighted by Crippen LogP contribution is -2.36. The van der Waals surface area contributed by atoms with Gasteiger partial charge in [0.1, 0.15) is 11.4 Å². The van der Waals surface area contributed by atoms with Gasteiger partial charge < -0.3 is 14.2 Å². The number of hydrogen-bond donors (Lipinski definition) is 1. The maximum Gasteiger partial charge on any atom is 0.433 e. The van der Waals surface area contributed by atoms with Crippen LogP contribution in [0, 0.1) is 0 Å². The van der Waals surface area contributed by atoms with Gasteiger partial charge in [0.05, 0.1) is 38.1 Å². The summed E-state index contributed by atoms with van der Waals surface area (Å²) in [5.41, 5.74) is -1.81. The molecule has 15 heteroatoms. The third-order valence-electron chi connectivity index (χ3n) is 5.65. The van der Waals surface area contributed by atoms with Crippen molar-refractivity contribution in [2.24, 2.45) is 7.05 Å². The summed E-state index contributed by atoms with van der Waals surface area (Å²) in [5.74, 6) is -0.100. The van der Waals surface area contributed by atoms with Crippen LogP contribution in [0.15, 0.2) is 36.4 Å². The quantitative estimate of drug-likeness (QED) is 0.439. The Bertz CT molecular complexity index is 1320. The molecule has 2 amide bonds. The summed E-state index contributed by atoms with van der Waals surface area (Å²) in [6.45, 7) is 1.52. The highest BCUT2D eigenvalue weighted by Crippen LogP contribution is 2.29. The van der Waals surface area contributed by atoms with Crippen LogP contribution in [0.5, 0.6) is 5.75 Å². The summed E-state index contributed by atoms with van der Waals surface area (Å²) < 4.78 is 57.3. The summed E-state index contributed by atoms with van der Waals surface area (Å²) in [6, 6.07) is 8.89. The van der Waals surface area contributed by atoms with Crippen LogP contribution >= 0.6 is 0 Å². The van der Waals surface area contributed by atoms with Gasteiger partial charge in [-0.1, -0.05) is 17.2 Å². The fourth-order valence-electron chi connectivity index (χ4n) is 3.77. The highest BCUT2D eigenvalue weighted by Gasteiger charge is 2.42. The van der Waals surface area contributed by atoms with E-state index in [-0.39, 0.29) is 36.9 Å². The number of halogens is 3. The molecule has 0 radical (unpaired) electrons. The van der Waals surface area contributed by atoms with Gasteiger partial charge in [-0.05, 0) is 47.2 Å². The molecule has 4 rings (SSSR count). The van der Waals surface area contributed by atoms with E-state index in [0.717, 1.165) is 11.6 Å². The molecule has 1 unspecified atom stereocenters. The Morgan fingerprint density at radius 2 is 1.95 bits per heavy atom. The molecular formula is C23H24F3N7O5. The summed E-state index contributed by atoms with van der Waals surface area (Å²) in [4.78, 5) is 30.3. The van der Waals surface area contributed by atoms with E-state index >= 15 is 0 Å². The molecular weight excluding hydrogens is 511 g/mol. The second-order valence-corrected chi connectivity index (χ2v) is 8.78. The zero-order chi connectivity index (χ0) is 27.5. The third kappa shape index (κ3) is 6.16. The molecule has 12 nitrogen and oxygen atoms in total. The van der Waals surface area contributed by atoms with Crippen LogP contribution in [0.4, 0.5) is 23.9 Å². The van der Waals surface area contributed by atoms with Crippen molar-refractivity contribution in [3.8, 4) is 5.75 Å². The zero-order valence-electron chi connectivity index (χ0n) is 20.7. The average Bonchev–Trinajstić information content (AvgIpc) is 3.39. The molecule has 1 aliphatic heterocycles. The Balaban J connectivity index is 1.43. The molecule has 2 aromatic heterocycles. The smallest absolute Gasteiger partial charge is 0.433 e. The Labute approximate surface area is 214 Å². The Morgan fingerprint density at radius 1 is 1.21 bits per heavy atom. The van der Waals surface area contributed by atoms with Crippen LogP contribution in [0.3, 0.4) is 0 Å². The van der Waals surface area contributed by atoms with Crippen molar-refractivity contribution in [1.29, 1.82) is 0 Å². The number of carbonyl (C=O) groups is 2. The van der Waals surface area contributed by atoms with Crippen molar-refractivity contribution < 1.29 is 37.0 Å². The molecule has 0 saturated carbocycles. The Morgan fingerprint density at radius 3 is 2.58 bits per heavy atom. The van der Waals surface area contributed by atoms with Crippen molar-refractivity contribution in [1.82, 2.24) is 30.1 Å². The molecule has 0 aliphatic carbocycles. The predicted octanol–water partition coefficient (Wildman–Crippen LogP) is 2.81. The van der Waals surface area contributed by atoms with Crippen LogP contribution in [0.2, 0.25) is 0 Å². The number of aromatic nitrogens is 5. The number of hydrogen-bond acceptors (Lipinski definition) is 9. The van der Waals surface area contributed by atoms with E-state index in [0.29, 0.717) is 11.8 Å². The minimum absolute atomic E-state index is 0.0101. The first-order valence-electron chi connectivity index (χ1n) is 11.3. The molecule has 1 aromatic carbocycles. The number of alkyl halides is 3. The number of nitrogens with one attached hydrogen (secondary N) is 1. The molecule has 3 heterocycles. The standard InChI is InChI=1S/C23H24F3N7O5/c1-22(12-33(21(35)38-22)10-14-4-6-15(36-3)7-5-14)13-37-11-17-16(8-9-18(27-17)23(24,25)26)19(34)28-20-29-30-31-32(20)2/h4-9H,10-13H2,1-3H3,(H,28,29,31,34). The van der Waals surface area contributed by atoms with Crippen LogP contribution in [-0.2, 0) is 35.8 Å². The van der Waals surface area contributed by atoms with E-state index in [1.165, 1.54) is 16.6 Å². The van der Waals surface area contributed by atoms with Gasteiger partial charge in [-0.3, -0.25) is 15.0 Å². The first-order valence-corrected chi connectivity index (χ1v) is 11.3. The van der Waals surface area contributed by atoms with E-state index in [1.807, 2.05) is 12.1 Å². The van der Waals surface area contributed by atoms with Crippen molar-refractivity contribution in [3.05, 3.63) is 58.9 Å². The topological polar surface area (TPSA) is 134 Å². The fourth-order valence-corrected chi connectivity index (χ4v) is 3.77. The molecule has 0 spiro atoms. The van der Waals surface area contributed by atoms with Gasteiger partial charge in [0.25, 0.3) is 5.91 Å². The van der Waals surface area contributed by atoms with E-state index < -0.39 is 36.1 Å². The third-order valence-corrected chi connectivity index (χ3v) is 5.65. The number of methoxy groups -OCH3 is 1. The van der Waals surface area contributed by atoms with Crippen molar-refractivity contribution >= 4 is 17.9 Å². The molecule has 0 bridgehead atoms. The summed E-state index contributed by atoms with van der Waals surface area (Å²) in [5, 5.41) is 13.0. The molecule has 1 N–H and O–H groups in total. The maximum absolute atomic E-state index is 13.3. The number of benzene rings is 1. The van der Waals surface area contributed by atoms with Crippen LogP contribution in [-0.4, -0.2) is 68.0 Å². The minimum Gasteiger partial charge on any atom is -0.497 e. The first-order chi connectivity index (χ1) is 18.0. The second kappa shape index (κ2) is 10.6. The van der Waals surface area contributed by atoms with Crippen LogP contribution < -0.4 is 10.1 Å². The molecule has 202 valence electrons. The van der Waals surface area contributed by atoms with Gasteiger partial charge in [-0.15, -0.1) is 0 Å². The monoisotopic (exact) mass is 535 g/mol. The number of carbonyl (C=O) groups excluding carboxylic acids is 2. The Hall–Kier alpha value is -4.27. The van der Waals surface area contributed by atoms with Crippen LogP contribution in [0.1, 0.15) is 34.2 Å². The first kappa shape index (κ1) is 26.8. The van der Waals surface area contributed by atoms with Crippen molar-refractivity contribution in [2.75, 3.05) is 25.6 Å². The normalized spacial score (nSPS) is 17.4. The molecule has 1 atom stereocenters. The van der Waals surface area contributed by atoms with Gasteiger partial charge in [0.15, 0.2) is 5.60 Å². The van der Waals surface area contributed by atoms with Crippen molar-refractivity contribution in [2.45, 2.75) is 31.9 Å². The van der Waals surface area contributed by atoms with Crippen LogP contribution in [0.25, 0.3) is 0 Å². The number of pyridine rings is 1. The summed E-state index contributed by atoms with van der Waals surface area (Å²) >= 11 is 0. The highest BCUT2D eigenvalue weighted by atomic mass is 19.4. The predicted molar refractivity (Wildman–Crippen MR) is 124 cm³/mol. The van der Waals surface area contributed by atoms with Gasteiger partial charge in [0, 0.05) is 13.6 Å². The summed E-state index contributed by atoms with van der Waals surface area (Å²) in [7, 11) is 3.03. The Kier molecular flexibility index (Phi) is 7.48. The largest absolute Gasteiger partial charge is 0.497 e. The lowest BCUT2D eigenvalue weighted by atomic mass is 10.1. The van der Waals surface area contributed by atoms with Gasteiger partial charge in [-0.25, -0.2) is 14.5 Å². The number of aryl methyl sites for hydroxylation is 1. The molecule has 3 aromatic rings. The maximum atomic E-state index is 13.3. The fraction of sp³-hybridized carbons (Fsp3) is 0.391. The highest BCUT2D eigenvalue weighted by molar-refractivity contribution is 6.04. The summed E-state index contributed by atoms with van der Waals surface area (Å²) in [6.07, 6.45) is -5.28. The number of cyclic esters (lactones) is 1. The number of rotatable bonds is 9. The second-order valence-electron chi connectivity index (χ2n) is 8.78. The lowest BCUT2D eigenvalue weighted by molar-refractivity contribution is -0.141. The number of nitrogens with zero attached hydrogens (tertiary/aromatic N) is 6. The van der Waals surface area contributed by atoms with Gasteiger partial charge in [-0.2, -0.15) is 13.2 Å². The SMILES string of the molecule is COc1ccc(CN2CC(C)(COCc3nc(C(F)(F)F)ccc3C(=O)Nc3nnnn3C)OC2=O)cc1. The number of anilines is 1. The van der Waals surface area contributed by atoms with Gasteiger partial charge in [0.2, 0.25) is 5.95 Å². The van der Waals surface area contributed by atoms with E-state index in [9.17, 15) is 22.8 Å². The lowest BCUT2D eigenvalue weighted by Gasteiger charge is -2.22. The van der Waals surface area contributed by atoms with E-state index in [4.69, 9.17) is 14.2 Å². The molecule has 38 heavy (non-hydrogen) atoms. The average molecular weight is 535 g/mol. The molecule has 1 saturated heterocycles. The number of tetrazole rings is 1.